The van der Waals surface area contributed by atoms with Crippen molar-refractivity contribution in [3.05, 3.63) is 30.1 Å². The maximum Gasteiger partial charge on any atom is 0.123 e. The first-order valence-electron chi connectivity index (χ1n) is 8.17. The fourth-order valence-corrected chi connectivity index (χ4v) is 2.66. The Bertz CT molecular complexity index is 429. The van der Waals surface area contributed by atoms with Crippen LogP contribution in [0.15, 0.2) is 24.3 Å². The lowest BCUT2D eigenvalue weighted by Gasteiger charge is -2.36. The second-order valence-electron chi connectivity index (χ2n) is 5.85. The van der Waals surface area contributed by atoms with Gasteiger partial charge in [-0.05, 0) is 30.7 Å². The summed E-state index contributed by atoms with van der Waals surface area (Å²) in [4.78, 5) is 4.51. The summed E-state index contributed by atoms with van der Waals surface area (Å²) < 4.78 is 18.4. The number of ether oxygens (including phenoxy) is 1. The Balaban J connectivity index is 0.00000264. The Morgan fingerprint density at radius 2 is 1.75 bits per heavy atom. The third kappa shape index (κ3) is 7.99. The SMILES string of the molecule is CCCCOCC(O)CN1CCN(c2ccc(F)cc2)CC1.Cl.Cl. The highest BCUT2D eigenvalue weighted by atomic mass is 35.5. The minimum Gasteiger partial charge on any atom is -0.389 e. The lowest BCUT2D eigenvalue weighted by molar-refractivity contribution is 0.0150. The molecule has 24 heavy (non-hydrogen) atoms. The molecule has 1 atom stereocenters. The number of aliphatic hydroxyl groups excluding tert-OH is 1. The number of anilines is 1. The summed E-state index contributed by atoms with van der Waals surface area (Å²) in [5.41, 5.74) is 1.06. The fraction of sp³-hybridized carbons (Fsp3) is 0.647. The van der Waals surface area contributed by atoms with Crippen LogP contribution < -0.4 is 4.90 Å². The number of nitrogens with zero attached hydrogens (tertiary/aromatic N) is 2. The van der Waals surface area contributed by atoms with E-state index in [1.54, 1.807) is 0 Å². The highest BCUT2D eigenvalue weighted by Gasteiger charge is 2.19. The van der Waals surface area contributed by atoms with E-state index in [0.29, 0.717) is 13.2 Å². The average molecular weight is 383 g/mol. The summed E-state index contributed by atoms with van der Waals surface area (Å²) in [6.45, 7) is 7.53. The van der Waals surface area contributed by atoms with Crippen molar-refractivity contribution >= 4 is 30.5 Å². The molecule has 1 heterocycles. The standard InChI is InChI=1S/C17H27FN2O2.2ClH/c1-2-3-12-22-14-17(21)13-19-8-10-20(11-9-19)16-6-4-15(18)5-7-16;;/h4-7,17,21H,2-3,8-14H2,1H3;2*1H. The van der Waals surface area contributed by atoms with Gasteiger partial charge in [0.05, 0.1) is 12.7 Å². The molecule has 4 nitrogen and oxygen atoms in total. The van der Waals surface area contributed by atoms with E-state index >= 15 is 0 Å². The molecule has 2 rings (SSSR count). The number of aliphatic hydroxyl groups is 1. The zero-order valence-corrected chi connectivity index (χ0v) is 15.8. The molecule has 0 amide bonds. The smallest absolute Gasteiger partial charge is 0.123 e. The monoisotopic (exact) mass is 382 g/mol. The van der Waals surface area contributed by atoms with Gasteiger partial charge >= 0.3 is 0 Å². The minimum absolute atomic E-state index is 0. The van der Waals surface area contributed by atoms with Crippen LogP contribution in [0, 0.1) is 5.82 Å². The molecule has 1 N–H and O–H groups in total. The quantitative estimate of drug-likeness (QED) is 0.701. The van der Waals surface area contributed by atoms with Crippen LogP contribution in [0.1, 0.15) is 19.8 Å². The van der Waals surface area contributed by atoms with Gasteiger partial charge in [0.25, 0.3) is 0 Å². The number of piperazine rings is 1. The van der Waals surface area contributed by atoms with E-state index in [-0.39, 0.29) is 30.6 Å². The van der Waals surface area contributed by atoms with Gasteiger partial charge in [-0.15, -0.1) is 24.8 Å². The van der Waals surface area contributed by atoms with E-state index in [9.17, 15) is 9.50 Å². The predicted molar refractivity (Wildman–Crippen MR) is 101 cm³/mol. The average Bonchev–Trinajstić information content (AvgIpc) is 2.53. The second kappa shape index (κ2) is 12.7. The van der Waals surface area contributed by atoms with Gasteiger partial charge in [-0.1, -0.05) is 13.3 Å². The lowest BCUT2D eigenvalue weighted by Crippen LogP contribution is -2.49. The van der Waals surface area contributed by atoms with Gasteiger partial charge in [0, 0.05) is 45.0 Å². The van der Waals surface area contributed by atoms with E-state index in [1.165, 1.54) is 12.1 Å². The normalized spacial score (nSPS) is 16.2. The van der Waals surface area contributed by atoms with Gasteiger partial charge in [0.15, 0.2) is 0 Å². The highest BCUT2D eigenvalue weighted by molar-refractivity contribution is 5.85. The molecule has 0 spiro atoms. The summed E-state index contributed by atoms with van der Waals surface area (Å²) in [5, 5.41) is 9.99. The van der Waals surface area contributed by atoms with Crippen LogP contribution in [0.25, 0.3) is 0 Å². The van der Waals surface area contributed by atoms with Crippen LogP contribution in [0.2, 0.25) is 0 Å². The maximum absolute atomic E-state index is 12.9. The highest BCUT2D eigenvalue weighted by Crippen LogP contribution is 2.16. The number of β-amino-alcohol motifs (C(OH)–C–C–N with tert-alkyl or cyclic N) is 1. The maximum atomic E-state index is 12.9. The number of halogens is 3. The zero-order chi connectivity index (χ0) is 15.8. The summed E-state index contributed by atoms with van der Waals surface area (Å²) >= 11 is 0. The molecule has 1 aliphatic rings. The first kappa shape index (κ1) is 23.4. The molecule has 1 fully saturated rings. The van der Waals surface area contributed by atoms with Gasteiger partial charge in [-0.3, -0.25) is 4.90 Å². The Morgan fingerprint density at radius 1 is 1.12 bits per heavy atom. The Labute approximate surface area is 156 Å². The van der Waals surface area contributed by atoms with E-state index < -0.39 is 6.10 Å². The second-order valence-corrected chi connectivity index (χ2v) is 5.85. The summed E-state index contributed by atoms with van der Waals surface area (Å²) in [7, 11) is 0. The van der Waals surface area contributed by atoms with Crippen LogP contribution in [0.5, 0.6) is 0 Å². The number of hydrogen-bond donors (Lipinski definition) is 1. The van der Waals surface area contributed by atoms with Crippen molar-refractivity contribution in [2.75, 3.05) is 50.8 Å². The van der Waals surface area contributed by atoms with Crippen LogP contribution in [0.3, 0.4) is 0 Å². The molecule has 7 heteroatoms. The Hall–Kier alpha value is -0.590. The molecule has 140 valence electrons. The number of unbranched alkanes of at least 4 members (excludes halogenated alkanes) is 1. The molecule has 1 saturated heterocycles. The van der Waals surface area contributed by atoms with E-state index in [0.717, 1.165) is 51.3 Å². The lowest BCUT2D eigenvalue weighted by atomic mass is 10.2. The van der Waals surface area contributed by atoms with Crippen molar-refractivity contribution < 1.29 is 14.2 Å². The number of rotatable bonds is 8. The van der Waals surface area contributed by atoms with E-state index in [1.807, 2.05) is 12.1 Å². The largest absolute Gasteiger partial charge is 0.389 e. The molecule has 1 aromatic rings. The van der Waals surface area contributed by atoms with Gasteiger partial charge < -0.3 is 14.7 Å². The molecular weight excluding hydrogens is 354 g/mol. The van der Waals surface area contributed by atoms with Crippen molar-refractivity contribution in [2.24, 2.45) is 0 Å². The fourth-order valence-electron chi connectivity index (χ4n) is 2.66. The minimum atomic E-state index is -0.422. The summed E-state index contributed by atoms with van der Waals surface area (Å²) in [5.74, 6) is -0.200. The van der Waals surface area contributed by atoms with Crippen LogP contribution in [-0.4, -0.2) is 62.0 Å². The van der Waals surface area contributed by atoms with Crippen molar-refractivity contribution in [3.63, 3.8) is 0 Å². The topological polar surface area (TPSA) is 35.9 Å². The third-order valence-corrected chi connectivity index (χ3v) is 3.99. The number of benzene rings is 1. The third-order valence-electron chi connectivity index (χ3n) is 3.99. The van der Waals surface area contributed by atoms with Gasteiger partial charge in [0.2, 0.25) is 0 Å². The van der Waals surface area contributed by atoms with Crippen molar-refractivity contribution in [2.45, 2.75) is 25.9 Å². The Morgan fingerprint density at radius 3 is 2.33 bits per heavy atom. The Kier molecular flexibility index (Phi) is 12.4. The summed E-state index contributed by atoms with van der Waals surface area (Å²) in [6, 6.07) is 6.64. The van der Waals surface area contributed by atoms with Gasteiger partial charge in [-0.2, -0.15) is 0 Å². The molecule has 0 bridgehead atoms. The molecule has 1 aliphatic heterocycles. The molecular formula is C17H29Cl2FN2O2. The van der Waals surface area contributed by atoms with Crippen LogP contribution in [-0.2, 0) is 4.74 Å². The molecule has 0 aliphatic carbocycles. The molecule has 1 aromatic carbocycles. The molecule has 0 aromatic heterocycles. The number of hydrogen-bond acceptors (Lipinski definition) is 4. The first-order valence-corrected chi connectivity index (χ1v) is 8.17. The van der Waals surface area contributed by atoms with E-state index in [2.05, 4.69) is 16.7 Å². The first-order chi connectivity index (χ1) is 10.7. The predicted octanol–water partition coefficient (Wildman–Crippen LogP) is 2.97. The van der Waals surface area contributed by atoms with Crippen LogP contribution >= 0.6 is 24.8 Å². The zero-order valence-electron chi connectivity index (χ0n) is 14.2. The van der Waals surface area contributed by atoms with Crippen molar-refractivity contribution in [3.8, 4) is 0 Å². The molecule has 0 saturated carbocycles. The molecule has 1 unspecified atom stereocenters. The van der Waals surface area contributed by atoms with Gasteiger partial charge in [0.1, 0.15) is 5.82 Å². The molecule has 0 radical (unpaired) electrons. The van der Waals surface area contributed by atoms with Crippen LogP contribution in [0.4, 0.5) is 10.1 Å². The van der Waals surface area contributed by atoms with E-state index in [4.69, 9.17) is 4.74 Å². The summed E-state index contributed by atoms with van der Waals surface area (Å²) in [6.07, 6.45) is 1.74. The van der Waals surface area contributed by atoms with Crippen molar-refractivity contribution in [1.29, 1.82) is 0 Å². The van der Waals surface area contributed by atoms with Gasteiger partial charge in [-0.25, -0.2) is 4.39 Å². The van der Waals surface area contributed by atoms with Crippen molar-refractivity contribution in [1.82, 2.24) is 4.90 Å².